The van der Waals surface area contributed by atoms with Crippen molar-refractivity contribution in [3.63, 3.8) is 0 Å². The molecule has 1 fully saturated rings. The number of hydrogen-bond donors (Lipinski definition) is 1. The van der Waals surface area contributed by atoms with Crippen LogP contribution in [0.4, 0.5) is 0 Å². The van der Waals surface area contributed by atoms with Crippen molar-refractivity contribution in [2.75, 3.05) is 13.1 Å². The number of aromatic nitrogens is 1. The Balaban J connectivity index is 1.79. The third kappa shape index (κ3) is 5.17. The Kier molecular flexibility index (Phi) is 5.72. The second-order valence-electron chi connectivity index (χ2n) is 5.66. The normalized spacial score (nSPS) is 17.2. The zero-order valence-electron chi connectivity index (χ0n) is 12.5. The second-order valence-corrected chi connectivity index (χ2v) is 5.66. The summed E-state index contributed by atoms with van der Waals surface area (Å²) in [6.07, 6.45) is 7.85. The quantitative estimate of drug-likeness (QED) is 0.894. The summed E-state index contributed by atoms with van der Waals surface area (Å²) < 4.78 is 0. The van der Waals surface area contributed by atoms with Crippen LogP contribution < -0.4 is 5.32 Å². The zero-order valence-corrected chi connectivity index (χ0v) is 12.5. The van der Waals surface area contributed by atoms with Crippen LogP contribution >= 0.6 is 0 Å². The van der Waals surface area contributed by atoms with Gasteiger partial charge >= 0.3 is 0 Å². The lowest BCUT2D eigenvalue weighted by Crippen LogP contribution is -2.43. The maximum absolute atomic E-state index is 12.0. The maximum atomic E-state index is 12.0. The first-order valence-corrected chi connectivity index (χ1v) is 7.61. The number of nitrogens with one attached hydrogen (secondary N) is 1. The Morgan fingerprint density at radius 3 is 3.05 bits per heavy atom. The first kappa shape index (κ1) is 15.5. The van der Waals surface area contributed by atoms with E-state index in [4.69, 9.17) is 0 Å². The highest BCUT2D eigenvalue weighted by molar-refractivity contribution is 5.85. The van der Waals surface area contributed by atoms with Crippen molar-refractivity contribution in [3.8, 4) is 0 Å². The summed E-state index contributed by atoms with van der Waals surface area (Å²) in [7, 11) is 0. The van der Waals surface area contributed by atoms with Gasteiger partial charge in [-0.3, -0.25) is 14.6 Å². The molecule has 0 aromatic carbocycles. The lowest BCUT2D eigenvalue weighted by molar-refractivity contribution is -0.135. The summed E-state index contributed by atoms with van der Waals surface area (Å²) in [6, 6.07) is 3.91. The number of carbonyl (C=O) groups excluding carboxylic acids is 2. The largest absolute Gasteiger partial charge is 0.352 e. The van der Waals surface area contributed by atoms with Crippen molar-refractivity contribution in [3.05, 3.63) is 30.1 Å². The Hall–Kier alpha value is -1.91. The smallest absolute Gasteiger partial charge is 0.239 e. The van der Waals surface area contributed by atoms with Crippen LogP contribution in [-0.2, 0) is 16.0 Å². The van der Waals surface area contributed by atoms with Crippen molar-refractivity contribution in [1.82, 2.24) is 15.2 Å². The molecule has 0 aliphatic carbocycles. The van der Waals surface area contributed by atoms with Gasteiger partial charge in [0.05, 0.1) is 6.54 Å². The van der Waals surface area contributed by atoms with Gasteiger partial charge in [-0.1, -0.05) is 12.5 Å². The number of pyridine rings is 1. The number of amides is 2. The zero-order chi connectivity index (χ0) is 15.1. The molecule has 0 bridgehead atoms. The highest BCUT2D eigenvalue weighted by atomic mass is 16.2. The highest BCUT2D eigenvalue weighted by Crippen LogP contribution is 2.10. The molecule has 2 rings (SSSR count). The summed E-state index contributed by atoms with van der Waals surface area (Å²) in [4.78, 5) is 29.7. The molecule has 5 nitrogen and oxygen atoms in total. The number of nitrogens with zero attached hydrogens (tertiary/aromatic N) is 2. The Labute approximate surface area is 125 Å². The van der Waals surface area contributed by atoms with Crippen molar-refractivity contribution in [2.24, 2.45) is 0 Å². The van der Waals surface area contributed by atoms with Gasteiger partial charge in [-0.05, 0) is 37.8 Å². The summed E-state index contributed by atoms with van der Waals surface area (Å²) in [6.45, 7) is 2.84. The van der Waals surface area contributed by atoms with Gasteiger partial charge in [-0.15, -0.1) is 0 Å². The minimum Gasteiger partial charge on any atom is -0.352 e. The second kappa shape index (κ2) is 7.76. The minimum absolute atomic E-state index is 0.0313. The third-order valence-corrected chi connectivity index (χ3v) is 3.68. The molecule has 0 radical (unpaired) electrons. The molecule has 1 saturated heterocycles. The van der Waals surface area contributed by atoms with Crippen LogP contribution in [0.3, 0.4) is 0 Å². The predicted octanol–water partition coefficient (Wildman–Crippen LogP) is 1.53. The van der Waals surface area contributed by atoms with Crippen LogP contribution in [0.5, 0.6) is 0 Å². The first-order chi connectivity index (χ1) is 10.1. The van der Waals surface area contributed by atoms with Gasteiger partial charge in [-0.25, -0.2) is 0 Å². The molecule has 0 unspecified atom stereocenters. The summed E-state index contributed by atoms with van der Waals surface area (Å²) >= 11 is 0. The van der Waals surface area contributed by atoms with Crippen molar-refractivity contribution >= 4 is 11.8 Å². The van der Waals surface area contributed by atoms with Crippen LogP contribution in [0, 0.1) is 0 Å². The molecule has 1 aromatic rings. The van der Waals surface area contributed by atoms with E-state index in [-0.39, 0.29) is 24.4 Å². The van der Waals surface area contributed by atoms with Crippen molar-refractivity contribution < 1.29 is 9.59 Å². The van der Waals surface area contributed by atoms with E-state index >= 15 is 0 Å². The van der Waals surface area contributed by atoms with Gasteiger partial charge in [0.1, 0.15) is 0 Å². The highest BCUT2D eigenvalue weighted by Gasteiger charge is 2.19. The van der Waals surface area contributed by atoms with E-state index in [0.29, 0.717) is 13.0 Å². The van der Waals surface area contributed by atoms with E-state index in [1.165, 1.54) is 0 Å². The molecule has 114 valence electrons. The van der Waals surface area contributed by atoms with E-state index in [1.54, 1.807) is 17.3 Å². The number of rotatable bonds is 5. The SMILES string of the molecule is C[C@H](Cc1cccnc1)NC(=O)CN1CCCCCC1=O. The Morgan fingerprint density at radius 1 is 1.43 bits per heavy atom. The Bertz CT molecular complexity index is 476. The van der Waals surface area contributed by atoms with Crippen LogP contribution in [0.25, 0.3) is 0 Å². The number of carbonyl (C=O) groups is 2. The molecule has 21 heavy (non-hydrogen) atoms. The van der Waals surface area contributed by atoms with Gasteiger partial charge in [0.2, 0.25) is 11.8 Å². The summed E-state index contributed by atoms with van der Waals surface area (Å²) in [5, 5.41) is 2.96. The van der Waals surface area contributed by atoms with Gasteiger partial charge in [0.15, 0.2) is 0 Å². The van der Waals surface area contributed by atoms with E-state index < -0.39 is 0 Å². The molecule has 1 atom stereocenters. The number of hydrogen-bond acceptors (Lipinski definition) is 3. The van der Waals surface area contributed by atoms with E-state index in [9.17, 15) is 9.59 Å². The molecule has 2 amide bonds. The minimum atomic E-state index is -0.0818. The predicted molar refractivity (Wildman–Crippen MR) is 80.6 cm³/mol. The fourth-order valence-corrected chi connectivity index (χ4v) is 2.62. The summed E-state index contributed by atoms with van der Waals surface area (Å²) in [5.41, 5.74) is 1.09. The fourth-order valence-electron chi connectivity index (χ4n) is 2.62. The molecule has 0 saturated carbocycles. The first-order valence-electron chi connectivity index (χ1n) is 7.61. The van der Waals surface area contributed by atoms with Gasteiger partial charge in [-0.2, -0.15) is 0 Å². The molecule has 5 heteroatoms. The third-order valence-electron chi connectivity index (χ3n) is 3.68. The van der Waals surface area contributed by atoms with E-state index in [1.807, 2.05) is 19.1 Å². The van der Waals surface area contributed by atoms with Gasteiger partial charge in [0, 0.05) is 31.4 Å². The van der Waals surface area contributed by atoms with E-state index in [2.05, 4.69) is 10.3 Å². The molecule has 1 aromatic heterocycles. The summed E-state index contributed by atoms with van der Waals surface area (Å²) in [5.74, 6) is 0.0178. The Morgan fingerprint density at radius 2 is 2.29 bits per heavy atom. The molecule has 1 aliphatic rings. The lowest BCUT2D eigenvalue weighted by Gasteiger charge is -2.21. The van der Waals surface area contributed by atoms with E-state index in [0.717, 1.165) is 31.2 Å². The van der Waals surface area contributed by atoms with Gasteiger partial charge < -0.3 is 10.2 Å². The fraction of sp³-hybridized carbons (Fsp3) is 0.562. The average molecular weight is 289 g/mol. The number of likely N-dealkylation sites (tertiary alicyclic amines) is 1. The van der Waals surface area contributed by atoms with Crippen LogP contribution in [0.1, 0.15) is 38.2 Å². The monoisotopic (exact) mass is 289 g/mol. The maximum Gasteiger partial charge on any atom is 0.239 e. The lowest BCUT2D eigenvalue weighted by atomic mass is 10.1. The van der Waals surface area contributed by atoms with Crippen LogP contribution in [0.2, 0.25) is 0 Å². The molecule has 2 heterocycles. The molecule has 1 N–H and O–H groups in total. The molecule has 1 aliphatic heterocycles. The average Bonchev–Trinajstić information content (AvgIpc) is 2.65. The van der Waals surface area contributed by atoms with Crippen molar-refractivity contribution in [1.29, 1.82) is 0 Å². The topological polar surface area (TPSA) is 62.3 Å². The van der Waals surface area contributed by atoms with Crippen molar-refractivity contribution in [2.45, 2.75) is 45.1 Å². The standard InChI is InChI=1S/C16H23N3O2/c1-13(10-14-6-5-8-17-11-14)18-15(20)12-19-9-4-2-3-7-16(19)21/h5-6,8,11,13H,2-4,7,9-10,12H2,1H3,(H,18,20)/t13-/m1/s1. The van der Waals surface area contributed by atoms with Crippen LogP contribution in [-0.4, -0.2) is 40.8 Å². The molecule has 0 spiro atoms. The molecular formula is C16H23N3O2. The molecular weight excluding hydrogens is 266 g/mol. The van der Waals surface area contributed by atoms with Gasteiger partial charge in [0.25, 0.3) is 0 Å². The van der Waals surface area contributed by atoms with Crippen LogP contribution in [0.15, 0.2) is 24.5 Å².